The van der Waals surface area contributed by atoms with Crippen molar-refractivity contribution in [2.45, 2.75) is 19.5 Å². The summed E-state index contributed by atoms with van der Waals surface area (Å²) in [5.74, 6) is 5.72. The fourth-order valence-electron chi connectivity index (χ4n) is 3.15. The molecule has 10 heteroatoms. The Morgan fingerprint density at radius 1 is 0.857 bits per heavy atom. The molecule has 0 saturated heterocycles. The Kier molecular flexibility index (Phi) is 12.0. The van der Waals surface area contributed by atoms with E-state index in [2.05, 4.69) is 20.5 Å². The topological polar surface area (TPSA) is 130 Å². The van der Waals surface area contributed by atoms with Gasteiger partial charge < -0.3 is 11.5 Å². The molecule has 8 nitrogen and oxygen atoms in total. The number of hydrogen-bond acceptors (Lipinski definition) is 4. The Morgan fingerprint density at radius 3 is 1.97 bits per heavy atom. The molecular weight excluding hydrogens is 575 g/mol. The van der Waals surface area contributed by atoms with E-state index < -0.39 is 0 Å². The van der Waals surface area contributed by atoms with Crippen LogP contribution in [0.1, 0.15) is 23.1 Å². The highest BCUT2D eigenvalue weighted by Gasteiger charge is 2.19. The largest absolute Gasteiger partial charge is 0.369 e. The molecule has 0 spiro atoms. The second kappa shape index (κ2) is 15.0. The molecule has 1 heterocycles. The van der Waals surface area contributed by atoms with Crippen LogP contribution in [0.4, 0.5) is 0 Å². The zero-order valence-corrected chi connectivity index (χ0v) is 22.3. The van der Waals surface area contributed by atoms with Crippen molar-refractivity contribution in [3.8, 4) is 0 Å². The number of nitrogens with two attached hydrogens (primary N) is 3. The summed E-state index contributed by atoms with van der Waals surface area (Å²) in [6, 6.07) is 27.6. The van der Waals surface area contributed by atoms with Gasteiger partial charge in [-0.05, 0) is 17.2 Å². The molecule has 0 saturated carbocycles. The smallest absolute Gasteiger partial charge is 0.212 e. The maximum atomic E-state index is 6.21. The van der Waals surface area contributed by atoms with Crippen molar-refractivity contribution in [2.75, 3.05) is 6.54 Å². The van der Waals surface area contributed by atoms with Gasteiger partial charge in [0.15, 0.2) is 0 Å². The average Bonchev–Trinajstić information content (AvgIpc) is 3.38. The zero-order chi connectivity index (χ0) is 24.2. The highest BCUT2D eigenvalue weighted by Crippen LogP contribution is 2.21. The third-order valence-electron chi connectivity index (χ3n) is 4.94. The number of hydrazone groups is 1. The van der Waals surface area contributed by atoms with Crippen molar-refractivity contribution >= 4 is 53.2 Å². The fourth-order valence-corrected chi connectivity index (χ4v) is 3.39. The first-order valence-corrected chi connectivity index (χ1v) is 11.2. The molecule has 0 atom stereocenters. The maximum absolute atomic E-state index is 6.21. The van der Waals surface area contributed by atoms with Crippen LogP contribution >= 0.6 is 35.6 Å². The number of nitrogens with zero attached hydrogens (tertiary/aromatic N) is 4. The van der Waals surface area contributed by atoms with Crippen molar-refractivity contribution in [3.05, 3.63) is 107 Å². The van der Waals surface area contributed by atoms with E-state index in [0.717, 1.165) is 35.4 Å². The van der Waals surface area contributed by atoms with E-state index in [9.17, 15) is 0 Å². The highest BCUT2D eigenvalue weighted by atomic mass is 127. The van der Waals surface area contributed by atoms with E-state index in [-0.39, 0.29) is 29.9 Å². The summed E-state index contributed by atoms with van der Waals surface area (Å²) in [5, 5.41) is 6.99. The monoisotopic (exact) mass is 604 g/mol. The van der Waals surface area contributed by atoms with Crippen LogP contribution < -0.4 is 22.7 Å². The second-order valence-electron chi connectivity index (χ2n) is 7.39. The SMILES string of the molecule is I.NC(=NCc1ccccc1)N1CCC(c2ccccc2Cl)=N1.NNC(N)=NCc1ccccc1. The van der Waals surface area contributed by atoms with Crippen molar-refractivity contribution < 1.29 is 0 Å². The van der Waals surface area contributed by atoms with Crippen molar-refractivity contribution in [2.24, 2.45) is 32.4 Å². The van der Waals surface area contributed by atoms with Gasteiger partial charge in [0.1, 0.15) is 0 Å². The van der Waals surface area contributed by atoms with E-state index in [1.807, 2.05) is 84.9 Å². The van der Waals surface area contributed by atoms with Gasteiger partial charge in [0.2, 0.25) is 11.9 Å². The van der Waals surface area contributed by atoms with Crippen molar-refractivity contribution in [1.82, 2.24) is 10.4 Å². The highest BCUT2D eigenvalue weighted by molar-refractivity contribution is 14.0. The molecule has 1 aliphatic rings. The van der Waals surface area contributed by atoms with Crippen LogP contribution in [0.2, 0.25) is 5.02 Å². The summed E-state index contributed by atoms with van der Waals surface area (Å²) < 4.78 is 0. The van der Waals surface area contributed by atoms with Crippen molar-refractivity contribution in [1.29, 1.82) is 0 Å². The summed E-state index contributed by atoms with van der Waals surface area (Å²) in [6.07, 6.45) is 0.811. The minimum Gasteiger partial charge on any atom is -0.369 e. The summed E-state index contributed by atoms with van der Waals surface area (Å²) in [5.41, 5.74) is 17.8. The summed E-state index contributed by atoms with van der Waals surface area (Å²) in [6.45, 7) is 1.83. The lowest BCUT2D eigenvalue weighted by Gasteiger charge is -2.11. The fraction of sp³-hybridized carbons (Fsp3) is 0.160. The molecule has 0 amide bonds. The zero-order valence-electron chi connectivity index (χ0n) is 19.2. The van der Waals surface area contributed by atoms with Crippen LogP contribution in [-0.2, 0) is 13.1 Å². The lowest BCUT2D eigenvalue weighted by molar-refractivity contribution is 0.482. The first-order valence-electron chi connectivity index (χ1n) is 10.8. The number of hydrogen-bond donors (Lipinski definition) is 4. The number of aliphatic imine (C=N–C) groups is 2. The maximum Gasteiger partial charge on any atom is 0.212 e. The summed E-state index contributed by atoms with van der Waals surface area (Å²) in [7, 11) is 0. The molecule has 35 heavy (non-hydrogen) atoms. The number of hydrazine groups is 1. The Morgan fingerprint density at radius 2 is 1.40 bits per heavy atom. The standard InChI is InChI=1S/C17H17ClN4.C8H12N4.HI/c18-15-9-5-4-8-14(15)16-10-11-22(21-16)17(19)20-12-13-6-2-1-3-7-13;9-8(12-10)11-6-7-4-2-1-3-5-7;/h1-9H,10-12H2,(H2,19,20);1-5H,6,10H2,(H3,9,11,12);1H. The molecular formula is C25H30ClIN8. The number of rotatable bonds is 5. The molecule has 3 aromatic carbocycles. The molecule has 0 radical (unpaired) electrons. The Balaban J connectivity index is 0.000000284. The van der Waals surface area contributed by atoms with E-state index in [1.54, 1.807) is 5.01 Å². The minimum atomic E-state index is 0. The Labute approximate surface area is 228 Å². The molecule has 184 valence electrons. The van der Waals surface area contributed by atoms with Gasteiger partial charge in [-0.3, -0.25) is 5.43 Å². The predicted molar refractivity (Wildman–Crippen MR) is 156 cm³/mol. The van der Waals surface area contributed by atoms with Crippen LogP contribution in [0, 0.1) is 0 Å². The molecule has 0 aliphatic carbocycles. The van der Waals surface area contributed by atoms with E-state index in [0.29, 0.717) is 24.1 Å². The van der Waals surface area contributed by atoms with Gasteiger partial charge in [-0.15, -0.1) is 24.0 Å². The number of benzene rings is 3. The quantitative estimate of drug-likeness (QED) is 0.116. The lowest BCUT2D eigenvalue weighted by Crippen LogP contribution is -2.37. The van der Waals surface area contributed by atoms with Crippen LogP contribution in [-0.4, -0.2) is 29.2 Å². The molecule has 1 aliphatic heterocycles. The normalized spacial score (nSPS) is 13.3. The third-order valence-corrected chi connectivity index (χ3v) is 5.27. The molecule has 7 N–H and O–H groups in total. The van der Waals surface area contributed by atoms with Crippen LogP contribution in [0.15, 0.2) is 100 Å². The van der Waals surface area contributed by atoms with E-state index in [4.69, 9.17) is 28.9 Å². The number of halogens is 2. The van der Waals surface area contributed by atoms with Crippen LogP contribution in [0.25, 0.3) is 0 Å². The Hall–Kier alpha value is -3.15. The van der Waals surface area contributed by atoms with Crippen molar-refractivity contribution in [3.63, 3.8) is 0 Å². The molecule has 0 fully saturated rings. The molecule has 0 unspecified atom stereocenters. The average molecular weight is 605 g/mol. The molecule has 0 bridgehead atoms. The molecule has 0 aromatic heterocycles. The predicted octanol–water partition coefficient (Wildman–Crippen LogP) is 3.85. The summed E-state index contributed by atoms with van der Waals surface area (Å²) >= 11 is 6.21. The van der Waals surface area contributed by atoms with Gasteiger partial charge in [0.25, 0.3) is 0 Å². The first-order chi connectivity index (χ1) is 16.6. The number of guanidine groups is 2. The van der Waals surface area contributed by atoms with Gasteiger partial charge in [-0.2, -0.15) is 5.10 Å². The van der Waals surface area contributed by atoms with Gasteiger partial charge in [-0.25, -0.2) is 20.8 Å². The van der Waals surface area contributed by atoms with Gasteiger partial charge in [-0.1, -0.05) is 90.5 Å². The minimum absolute atomic E-state index is 0. The second-order valence-corrected chi connectivity index (χ2v) is 7.80. The summed E-state index contributed by atoms with van der Waals surface area (Å²) in [4.78, 5) is 8.38. The Bertz CT molecular complexity index is 1140. The van der Waals surface area contributed by atoms with E-state index in [1.165, 1.54) is 0 Å². The third kappa shape index (κ3) is 9.19. The van der Waals surface area contributed by atoms with Crippen LogP contribution in [0.3, 0.4) is 0 Å². The molecule has 4 rings (SSSR count). The van der Waals surface area contributed by atoms with Gasteiger partial charge in [0.05, 0.1) is 25.3 Å². The van der Waals surface area contributed by atoms with E-state index >= 15 is 0 Å². The number of nitrogens with one attached hydrogen (secondary N) is 1. The van der Waals surface area contributed by atoms with Gasteiger partial charge in [0, 0.05) is 17.0 Å². The first kappa shape index (κ1) is 28.1. The lowest BCUT2D eigenvalue weighted by atomic mass is 10.1. The van der Waals surface area contributed by atoms with Crippen LogP contribution in [0.5, 0.6) is 0 Å². The molecule has 3 aromatic rings. The van der Waals surface area contributed by atoms with Gasteiger partial charge >= 0.3 is 0 Å².